The van der Waals surface area contributed by atoms with Gasteiger partial charge >= 0.3 is 0 Å². The molecule has 0 unspecified atom stereocenters. The number of hydrogen-bond acceptors (Lipinski definition) is 4. The molecule has 1 aromatic rings. The van der Waals surface area contributed by atoms with Crippen molar-refractivity contribution in [3.05, 3.63) is 29.8 Å². The Labute approximate surface area is 193 Å². The fraction of sp³-hybridized carbons (Fsp3) is 0.682. The summed E-state index contributed by atoms with van der Waals surface area (Å²) < 4.78 is 5.66. The van der Waals surface area contributed by atoms with Crippen molar-refractivity contribution in [3.8, 4) is 5.75 Å². The van der Waals surface area contributed by atoms with Crippen LogP contribution in [0.3, 0.4) is 0 Å². The Balaban J connectivity index is 0.00000420. The SMILES string of the molecule is CCNC(=NCCCc1ccc(O)cc1)NC1CCN(CCOC(C)C)CC1.I. The molecule has 0 radical (unpaired) electrons. The fourth-order valence-corrected chi connectivity index (χ4v) is 3.37. The molecule has 0 amide bonds. The molecular weight excluding hydrogens is 479 g/mol. The number of phenolic OH excluding ortho intramolecular Hbond substituents is 1. The molecule has 0 bridgehead atoms. The van der Waals surface area contributed by atoms with E-state index in [1.54, 1.807) is 12.1 Å². The lowest BCUT2D eigenvalue weighted by molar-refractivity contribution is 0.0532. The highest BCUT2D eigenvalue weighted by molar-refractivity contribution is 14.0. The number of nitrogens with zero attached hydrogens (tertiary/aromatic N) is 2. The Morgan fingerprint density at radius 3 is 2.55 bits per heavy atom. The summed E-state index contributed by atoms with van der Waals surface area (Å²) >= 11 is 0. The first-order valence-electron chi connectivity index (χ1n) is 10.7. The Kier molecular flexibility index (Phi) is 13.3. The molecule has 6 nitrogen and oxygen atoms in total. The second-order valence-electron chi connectivity index (χ2n) is 7.71. The number of rotatable bonds is 10. The quantitative estimate of drug-likeness (QED) is 0.192. The number of piperidine rings is 1. The van der Waals surface area contributed by atoms with Crippen molar-refractivity contribution in [2.75, 3.05) is 39.3 Å². The van der Waals surface area contributed by atoms with E-state index in [9.17, 15) is 5.11 Å². The van der Waals surface area contributed by atoms with Gasteiger partial charge in [-0.25, -0.2) is 0 Å². The topological polar surface area (TPSA) is 69.1 Å². The highest BCUT2D eigenvalue weighted by Crippen LogP contribution is 2.12. The molecule has 2 rings (SSSR count). The summed E-state index contributed by atoms with van der Waals surface area (Å²) in [4.78, 5) is 7.23. The molecule has 29 heavy (non-hydrogen) atoms. The summed E-state index contributed by atoms with van der Waals surface area (Å²) in [7, 11) is 0. The Hall–Kier alpha value is -1.06. The Morgan fingerprint density at radius 2 is 1.93 bits per heavy atom. The van der Waals surface area contributed by atoms with Crippen LogP contribution in [0.25, 0.3) is 0 Å². The minimum absolute atomic E-state index is 0. The molecular formula is C22H39IN4O2. The highest BCUT2D eigenvalue weighted by atomic mass is 127. The lowest BCUT2D eigenvalue weighted by Gasteiger charge is -2.33. The zero-order valence-electron chi connectivity index (χ0n) is 18.2. The zero-order valence-corrected chi connectivity index (χ0v) is 20.5. The number of phenols is 1. The number of nitrogens with one attached hydrogen (secondary N) is 2. The maximum Gasteiger partial charge on any atom is 0.191 e. The van der Waals surface area contributed by atoms with E-state index in [4.69, 9.17) is 9.73 Å². The van der Waals surface area contributed by atoms with E-state index >= 15 is 0 Å². The van der Waals surface area contributed by atoms with Crippen LogP contribution in [0.2, 0.25) is 0 Å². The minimum atomic E-state index is 0. The van der Waals surface area contributed by atoms with Crippen LogP contribution in [0.4, 0.5) is 0 Å². The third kappa shape index (κ3) is 11.1. The van der Waals surface area contributed by atoms with E-state index in [2.05, 4.69) is 36.3 Å². The summed E-state index contributed by atoms with van der Waals surface area (Å²) in [5, 5.41) is 16.3. The van der Waals surface area contributed by atoms with E-state index in [1.165, 1.54) is 5.56 Å². The van der Waals surface area contributed by atoms with Gasteiger partial charge in [0.15, 0.2) is 5.96 Å². The van der Waals surface area contributed by atoms with Crippen molar-refractivity contribution in [1.29, 1.82) is 0 Å². The fourth-order valence-electron chi connectivity index (χ4n) is 3.37. The first-order chi connectivity index (χ1) is 13.6. The van der Waals surface area contributed by atoms with Gasteiger partial charge < -0.3 is 25.4 Å². The number of ether oxygens (including phenoxy) is 1. The van der Waals surface area contributed by atoms with Gasteiger partial charge in [-0.2, -0.15) is 0 Å². The molecule has 3 N–H and O–H groups in total. The van der Waals surface area contributed by atoms with Gasteiger partial charge in [0.25, 0.3) is 0 Å². The highest BCUT2D eigenvalue weighted by Gasteiger charge is 2.19. The number of aryl methyl sites for hydroxylation is 1. The number of aliphatic imine (C=N–C) groups is 1. The number of hydrogen-bond donors (Lipinski definition) is 3. The third-order valence-corrected chi connectivity index (χ3v) is 4.96. The summed E-state index contributed by atoms with van der Waals surface area (Å²) in [5.41, 5.74) is 1.24. The average molecular weight is 518 g/mol. The largest absolute Gasteiger partial charge is 0.508 e. The summed E-state index contributed by atoms with van der Waals surface area (Å²) in [6.45, 7) is 12.0. The van der Waals surface area contributed by atoms with Crippen molar-refractivity contribution < 1.29 is 9.84 Å². The molecule has 166 valence electrons. The van der Waals surface area contributed by atoms with Crippen molar-refractivity contribution in [3.63, 3.8) is 0 Å². The van der Waals surface area contributed by atoms with Crippen LogP contribution in [0.1, 0.15) is 45.6 Å². The van der Waals surface area contributed by atoms with Crippen LogP contribution in [0, 0.1) is 0 Å². The second kappa shape index (κ2) is 14.8. The van der Waals surface area contributed by atoms with Crippen LogP contribution in [0.15, 0.2) is 29.3 Å². The Morgan fingerprint density at radius 1 is 1.24 bits per heavy atom. The molecule has 0 aromatic heterocycles. The molecule has 0 spiro atoms. The minimum Gasteiger partial charge on any atom is -0.508 e. The predicted octanol–water partition coefficient (Wildman–Crippen LogP) is 3.39. The maximum atomic E-state index is 9.35. The molecule has 7 heteroatoms. The first kappa shape index (κ1) is 26.0. The molecule has 0 saturated carbocycles. The average Bonchev–Trinajstić information content (AvgIpc) is 2.68. The first-order valence-corrected chi connectivity index (χ1v) is 10.7. The van der Waals surface area contributed by atoms with Gasteiger partial charge in [-0.3, -0.25) is 4.99 Å². The van der Waals surface area contributed by atoms with Gasteiger partial charge in [-0.05, 0) is 64.2 Å². The van der Waals surface area contributed by atoms with Crippen LogP contribution < -0.4 is 10.6 Å². The monoisotopic (exact) mass is 518 g/mol. The van der Waals surface area contributed by atoms with Gasteiger partial charge in [0.1, 0.15) is 5.75 Å². The van der Waals surface area contributed by atoms with Gasteiger partial charge in [0.2, 0.25) is 0 Å². The Bertz CT molecular complexity index is 573. The van der Waals surface area contributed by atoms with Gasteiger partial charge in [-0.15, -0.1) is 24.0 Å². The second-order valence-corrected chi connectivity index (χ2v) is 7.71. The molecule has 1 saturated heterocycles. The van der Waals surface area contributed by atoms with Gasteiger partial charge in [0.05, 0.1) is 12.7 Å². The van der Waals surface area contributed by atoms with Crippen LogP contribution in [0.5, 0.6) is 5.75 Å². The number of guanidine groups is 1. The lowest BCUT2D eigenvalue weighted by Crippen LogP contribution is -2.49. The predicted molar refractivity (Wildman–Crippen MR) is 132 cm³/mol. The van der Waals surface area contributed by atoms with Gasteiger partial charge in [0, 0.05) is 38.8 Å². The van der Waals surface area contributed by atoms with E-state index in [0.717, 1.165) is 71.0 Å². The van der Waals surface area contributed by atoms with Crippen molar-refractivity contribution in [2.45, 2.75) is 58.6 Å². The van der Waals surface area contributed by atoms with E-state index in [1.807, 2.05) is 12.1 Å². The number of likely N-dealkylation sites (tertiary alicyclic amines) is 1. The summed E-state index contributed by atoms with van der Waals surface area (Å²) in [6.07, 6.45) is 4.56. The molecule has 1 aliphatic rings. The third-order valence-electron chi connectivity index (χ3n) is 4.96. The number of benzene rings is 1. The molecule has 0 aliphatic carbocycles. The van der Waals surface area contributed by atoms with Crippen molar-refractivity contribution in [2.24, 2.45) is 4.99 Å². The summed E-state index contributed by atoms with van der Waals surface area (Å²) in [5.74, 6) is 1.24. The van der Waals surface area contributed by atoms with E-state index in [-0.39, 0.29) is 24.0 Å². The van der Waals surface area contributed by atoms with Crippen molar-refractivity contribution >= 4 is 29.9 Å². The normalized spacial score (nSPS) is 15.9. The molecule has 1 fully saturated rings. The van der Waals surface area contributed by atoms with Crippen LogP contribution in [-0.2, 0) is 11.2 Å². The van der Waals surface area contributed by atoms with E-state index in [0.29, 0.717) is 17.9 Å². The van der Waals surface area contributed by atoms with Crippen LogP contribution in [-0.4, -0.2) is 67.4 Å². The zero-order chi connectivity index (χ0) is 20.2. The lowest BCUT2D eigenvalue weighted by atomic mass is 10.1. The number of aromatic hydroxyl groups is 1. The maximum absolute atomic E-state index is 9.35. The smallest absolute Gasteiger partial charge is 0.191 e. The molecule has 1 heterocycles. The molecule has 1 aromatic carbocycles. The molecule has 1 aliphatic heterocycles. The van der Waals surface area contributed by atoms with Crippen molar-refractivity contribution in [1.82, 2.24) is 15.5 Å². The number of halogens is 1. The van der Waals surface area contributed by atoms with Crippen LogP contribution >= 0.6 is 24.0 Å². The summed E-state index contributed by atoms with van der Waals surface area (Å²) in [6, 6.07) is 7.92. The molecule has 0 atom stereocenters. The van der Waals surface area contributed by atoms with Gasteiger partial charge in [-0.1, -0.05) is 12.1 Å². The van der Waals surface area contributed by atoms with E-state index < -0.39 is 0 Å². The standard InChI is InChI=1S/C22H38N4O2.HI/c1-4-23-22(24-13-5-6-19-7-9-21(27)10-8-19)25-20-11-14-26(15-12-20)16-17-28-18(2)3;/h7-10,18,20,27H,4-6,11-17H2,1-3H3,(H2,23,24,25);1H.